The van der Waals surface area contributed by atoms with Gasteiger partial charge in [0.2, 0.25) is 5.91 Å². The second-order valence-corrected chi connectivity index (χ2v) is 8.67. The van der Waals surface area contributed by atoms with Crippen LogP contribution in [0.5, 0.6) is 0 Å². The predicted octanol–water partition coefficient (Wildman–Crippen LogP) is 5.77. The van der Waals surface area contributed by atoms with Gasteiger partial charge in [-0.25, -0.2) is 4.79 Å². The van der Waals surface area contributed by atoms with E-state index in [0.29, 0.717) is 18.7 Å². The lowest BCUT2D eigenvalue weighted by Gasteiger charge is -2.28. The number of amides is 3. The average Bonchev–Trinajstić information content (AvgIpc) is 3.15. The van der Waals surface area contributed by atoms with Gasteiger partial charge in [-0.05, 0) is 36.2 Å². The van der Waals surface area contributed by atoms with E-state index in [1.165, 1.54) is 11.0 Å². The van der Waals surface area contributed by atoms with Crippen molar-refractivity contribution in [3.63, 3.8) is 0 Å². The highest BCUT2D eigenvalue weighted by Gasteiger charge is 2.37. The highest BCUT2D eigenvalue weighted by atomic mass is 19.4. The minimum absolute atomic E-state index is 0.0337. The van der Waals surface area contributed by atoms with E-state index in [0.717, 1.165) is 10.6 Å². The Morgan fingerprint density at radius 1 is 1.06 bits per heavy atom. The minimum atomic E-state index is -5.06. The Kier molecular flexibility index (Phi) is 9.22. The molecule has 0 aliphatic heterocycles. The number of carbonyl (C=O) groups is 2. The van der Waals surface area contributed by atoms with Gasteiger partial charge in [-0.15, -0.1) is 6.58 Å². The quantitative estimate of drug-likeness (QED) is 0.339. The zero-order chi connectivity index (χ0) is 27.3. The summed E-state index contributed by atoms with van der Waals surface area (Å²) in [5.41, 5.74) is -2.99. The maximum atomic E-state index is 13.1. The van der Waals surface area contributed by atoms with Crippen molar-refractivity contribution in [1.82, 2.24) is 14.4 Å². The van der Waals surface area contributed by atoms with Gasteiger partial charge >= 0.3 is 18.4 Å². The first-order valence-corrected chi connectivity index (χ1v) is 11.0. The topological polar surface area (TPSA) is 57.6 Å². The van der Waals surface area contributed by atoms with E-state index in [-0.39, 0.29) is 25.1 Å². The van der Waals surface area contributed by atoms with Crippen LogP contribution >= 0.6 is 0 Å². The van der Waals surface area contributed by atoms with Crippen LogP contribution in [-0.4, -0.2) is 45.9 Å². The van der Waals surface area contributed by atoms with Gasteiger partial charge in [0, 0.05) is 37.7 Å². The highest BCUT2D eigenvalue weighted by molar-refractivity contribution is 5.92. The summed E-state index contributed by atoms with van der Waals surface area (Å²) in [4.78, 5) is 28.4. The monoisotopic (exact) mass is 518 g/mol. The van der Waals surface area contributed by atoms with E-state index in [9.17, 15) is 35.9 Å². The third kappa shape index (κ3) is 8.06. The number of carbonyl (C=O) groups excluding carboxylic acids is 2. The summed E-state index contributed by atoms with van der Waals surface area (Å²) in [6, 6.07) is 3.38. The summed E-state index contributed by atoms with van der Waals surface area (Å²) in [7, 11) is 1.81. The number of nitrogens with one attached hydrogen (secondary N) is 1. The zero-order valence-corrected chi connectivity index (χ0v) is 20.1. The Bertz CT molecular complexity index is 1040. The number of aromatic nitrogens is 1. The van der Waals surface area contributed by atoms with Gasteiger partial charge < -0.3 is 19.7 Å². The number of rotatable bonds is 9. The molecule has 0 atom stereocenters. The number of hydrogen-bond acceptors (Lipinski definition) is 2. The van der Waals surface area contributed by atoms with Gasteiger partial charge in [0.05, 0.1) is 17.7 Å². The first kappa shape index (κ1) is 28.8. The summed E-state index contributed by atoms with van der Waals surface area (Å²) in [5, 5.41) is 2.06. The predicted molar refractivity (Wildman–Crippen MR) is 123 cm³/mol. The molecule has 0 fully saturated rings. The molecule has 198 valence electrons. The summed E-state index contributed by atoms with van der Waals surface area (Å²) in [6.45, 7) is 7.33. The Morgan fingerprint density at radius 2 is 1.64 bits per heavy atom. The molecule has 0 spiro atoms. The number of hydrogen-bond donors (Lipinski definition) is 1. The Labute approximate surface area is 205 Å². The number of urea groups is 1. The number of benzene rings is 1. The molecule has 1 aromatic carbocycles. The van der Waals surface area contributed by atoms with Crippen molar-refractivity contribution < 1.29 is 35.9 Å². The SMILES string of the molecule is C=CCN(CC(=O)N(Cc1cccn1C)CC(C)C)C(=O)Nc1cc(C(F)(F)F)cc(C(F)(F)F)c1. The van der Waals surface area contributed by atoms with Crippen LogP contribution in [0.2, 0.25) is 0 Å². The van der Waals surface area contributed by atoms with Crippen molar-refractivity contribution in [1.29, 1.82) is 0 Å². The van der Waals surface area contributed by atoms with E-state index in [1.54, 1.807) is 0 Å². The van der Waals surface area contributed by atoms with Crippen LogP contribution in [0.4, 0.5) is 36.8 Å². The number of aryl methyl sites for hydroxylation is 1. The van der Waals surface area contributed by atoms with Gasteiger partial charge in [-0.2, -0.15) is 26.3 Å². The molecule has 12 heteroatoms. The van der Waals surface area contributed by atoms with Gasteiger partial charge in [0.25, 0.3) is 0 Å². The van der Waals surface area contributed by atoms with Crippen molar-refractivity contribution >= 4 is 17.6 Å². The molecule has 1 N–H and O–H groups in total. The minimum Gasteiger partial charge on any atom is -0.353 e. The molecule has 0 saturated carbocycles. The number of nitrogens with zero attached hydrogens (tertiary/aromatic N) is 3. The third-order valence-corrected chi connectivity index (χ3v) is 5.14. The van der Waals surface area contributed by atoms with E-state index in [2.05, 4.69) is 11.9 Å². The van der Waals surface area contributed by atoms with Crippen LogP contribution in [-0.2, 0) is 30.7 Å². The molecular formula is C24H28F6N4O2. The lowest BCUT2D eigenvalue weighted by atomic mass is 10.1. The van der Waals surface area contributed by atoms with Gasteiger partial charge in [0.1, 0.15) is 6.54 Å². The molecular weight excluding hydrogens is 490 g/mol. The summed E-state index contributed by atoms with van der Waals surface area (Å²) < 4.78 is 80.7. The second kappa shape index (κ2) is 11.5. The van der Waals surface area contributed by atoms with Crippen LogP contribution in [0, 0.1) is 5.92 Å². The molecule has 0 unspecified atom stereocenters. The number of alkyl halides is 6. The van der Waals surface area contributed by atoms with Crippen LogP contribution < -0.4 is 5.32 Å². The van der Waals surface area contributed by atoms with Crippen molar-refractivity contribution in [3.05, 3.63) is 66.0 Å². The van der Waals surface area contributed by atoms with Crippen LogP contribution in [0.25, 0.3) is 0 Å². The Morgan fingerprint density at radius 3 is 2.08 bits per heavy atom. The molecule has 3 amide bonds. The van der Waals surface area contributed by atoms with Crippen LogP contribution in [0.1, 0.15) is 30.7 Å². The molecule has 36 heavy (non-hydrogen) atoms. The van der Waals surface area contributed by atoms with Gasteiger partial charge in [-0.3, -0.25) is 4.79 Å². The first-order valence-electron chi connectivity index (χ1n) is 11.0. The normalized spacial score (nSPS) is 11.9. The molecule has 2 aromatic rings. The second-order valence-electron chi connectivity index (χ2n) is 8.67. The summed E-state index contributed by atoms with van der Waals surface area (Å²) in [6.07, 6.45) is -7.02. The maximum Gasteiger partial charge on any atom is 0.416 e. The standard InChI is InChI=1S/C24H28F6N4O2/c1-5-8-33(15-21(35)34(13-16(2)3)14-20-7-6-9-32(20)4)22(36)31-19-11-17(23(25,26)27)10-18(12-19)24(28,29)30/h5-7,9-12,16H,1,8,13-15H2,2-4H3,(H,31,36). The molecule has 2 rings (SSSR count). The molecule has 0 bridgehead atoms. The Hall–Kier alpha value is -3.44. The lowest BCUT2D eigenvalue weighted by Crippen LogP contribution is -2.45. The van der Waals surface area contributed by atoms with Crippen molar-refractivity contribution in [2.45, 2.75) is 32.7 Å². The third-order valence-electron chi connectivity index (χ3n) is 5.14. The molecule has 1 heterocycles. The first-order chi connectivity index (χ1) is 16.6. The van der Waals surface area contributed by atoms with E-state index >= 15 is 0 Å². The summed E-state index contributed by atoms with van der Waals surface area (Å²) >= 11 is 0. The van der Waals surface area contributed by atoms with E-state index < -0.39 is 47.6 Å². The smallest absolute Gasteiger partial charge is 0.353 e. The fourth-order valence-electron chi connectivity index (χ4n) is 3.42. The van der Waals surface area contributed by atoms with Gasteiger partial charge in [0.15, 0.2) is 0 Å². The molecule has 0 aliphatic rings. The Balaban J connectivity index is 2.27. The average molecular weight is 519 g/mol. The molecule has 0 saturated heterocycles. The fourth-order valence-corrected chi connectivity index (χ4v) is 3.42. The number of halogens is 6. The molecule has 6 nitrogen and oxygen atoms in total. The van der Waals surface area contributed by atoms with E-state index in [4.69, 9.17) is 0 Å². The van der Waals surface area contributed by atoms with Crippen molar-refractivity contribution in [3.8, 4) is 0 Å². The molecule has 0 radical (unpaired) electrons. The van der Waals surface area contributed by atoms with E-state index in [1.807, 2.05) is 43.8 Å². The number of anilines is 1. The zero-order valence-electron chi connectivity index (χ0n) is 20.1. The molecule has 1 aromatic heterocycles. The lowest BCUT2D eigenvalue weighted by molar-refractivity contribution is -0.143. The van der Waals surface area contributed by atoms with Crippen molar-refractivity contribution in [2.24, 2.45) is 13.0 Å². The molecule has 0 aliphatic carbocycles. The van der Waals surface area contributed by atoms with Crippen LogP contribution in [0.15, 0.2) is 49.2 Å². The largest absolute Gasteiger partial charge is 0.416 e. The van der Waals surface area contributed by atoms with Crippen molar-refractivity contribution in [2.75, 3.05) is 25.0 Å². The summed E-state index contributed by atoms with van der Waals surface area (Å²) in [5.74, 6) is -0.344. The van der Waals surface area contributed by atoms with Crippen LogP contribution in [0.3, 0.4) is 0 Å². The maximum absolute atomic E-state index is 13.1. The van der Waals surface area contributed by atoms with Gasteiger partial charge in [-0.1, -0.05) is 19.9 Å². The highest BCUT2D eigenvalue weighted by Crippen LogP contribution is 2.37. The fraction of sp³-hybridized carbons (Fsp3) is 0.417.